The quantitative estimate of drug-likeness (QED) is 0.695. The molecule has 1 aromatic heterocycles. The van der Waals surface area contributed by atoms with Gasteiger partial charge in [-0.2, -0.15) is 0 Å². The predicted molar refractivity (Wildman–Crippen MR) is 57.5 cm³/mol. The summed E-state index contributed by atoms with van der Waals surface area (Å²) in [5.41, 5.74) is 6.25. The maximum Gasteiger partial charge on any atom is 0.261 e. The van der Waals surface area contributed by atoms with E-state index in [4.69, 9.17) is 10.8 Å². The molecule has 14 heavy (non-hydrogen) atoms. The largest absolute Gasteiger partial charge is 0.398 e. The molecule has 5 heteroatoms. The number of nitrogens with two attached hydrogens (primary N) is 1. The van der Waals surface area contributed by atoms with Crippen molar-refractivity contribution in [3.63, 3.8) is 0 Å². The van der Waals surface area contributed by atoms with Gasteiger partial charge >= 0.3 is 0 Å². The second kappa shape index (κ2) is 4.43. The monoisotopic (exact) mass is 214 g/mol. The first-order valence-corrected chi connectivity index (χ1v) is 5.14. The number of aliphatic hydroxyl groups is 1. The molecule has 0 aromatic carbocycles. The molecule has 0 aliphatic carbocycles. The van der Waals surface area contributed by atoms with Crippen LogP contribution in [0.5, 0.6) is 0 Å². The molecule has 4 nitrogen and oxygen atoms in total. The lowest BCUT2D eigenvalue weighted by molar-refractivity contribution is 0.0928. The van der Waals surface area contributed by atoms with Crippen LogP contribution in [0, 0.1) is 6.92 Å². The molecule has 0 fully saturated rings. The van der Waals surface area contributed by atoms with Crippen LogP contribution in [0.2, 0.25) is 0 Å². The molecule has 1 heterocycles. The highest BCUT2D eigenvalue weighted by Gasteiger charge is 2.10. The molecule has 0 aliphatic rings. The smallest absolute Gasteiger partial charge is 0.261 e. The number of hydrogen-bond acceptors (Lipinski definition) is 4. The van der Waals surface area contributed by atoms with Gasteiger partial charge in [0, 0.05) is 17.1 Å². The summed E-state index contributed by atoms with van der Waals surface area (Å²) in [6, 6.07) is 1.65. The number of carbonyl (C=O) groups is 1. The van der Waals surface area contributed by atoms with Crippen molar-refractivity contribution in [2.45, 2.75) is 20.0 Å². The van der Waals surface area contributed by atoms with Gasteiger partial charge in [0.2, 0.25) is 0 Å². The standard InChI is InChI=1S/C9H14N2O2S/c1-5(12)4-11-9(13)8-3-7(10)6(2)14-8/h3,5,12H,4,10H2,1-2H3,(H,11,13). The van der Waals surface area contributed by atoms with Crippen molar-refractivity contribution in [3.8, 4) is 0 Å². The van der Waals surface area contributed by atoms with E-state index in [2.05, 4.69) is 5.32 Å². The van der Waals surface area contributed by atoms with E-state index in [9.17, 15) is 4.79 Å². The number of amides is 1. The molecule has 4 N–H and O–H groups in total. The van der Waals surface area contributed by atoms with E-state index in [0.29, 0.717) is 10.6 Å². The van der Waals surface area contributed by atoms with Crippen molar-refractivity contribution in [2.24, 2.45) is 0 Å². The van der Waals surface area contributed by atoms with E-state index in [-0.39, 0.29) is 12.5 Å². The van der Waals surface area contributed by atoms with Gasteiger partial charge in [-0.05, 0) is 19.9 Å². The Morgan fingerprint density at radius 3 is 2.86 bits per heavy atom. The average molecular weight is 214 g/mol. The number of thiophene rings is 1. The summed E-state index contributed by atoms with van der Waals surface area (Å²) in [5.74, 6) is -0.185. The van der Waals surface area contributed by atoms with E-state index in [1.165, 1.54) is 11.3 Å². The van der Waals surface area contributed by atoms with Crippen LogP contribution in [0.4, 0.5) is 5.69 Å². The van der Waals surface area contributed by atoms with Gasteiger partial charge in [0.05, 0.1) is 11.0 Å². The van der Waals surface area contributed by atoms with E-state index in [1.807, 2.05) is 6.92 Å². The molecular weight excluding hydrogens is 200 g/mol. The van der Waals surface area contributed by atoms with Crippen molar-refractivity contribution in [1.82, 2.24) is 5.32 Å². The molecule has 0 aliphatic heterocycles. The number of hydrogen-bond donors (Lipinski definition) is 3. The molecule has 1 amide bonds. The number of aliphatic hydroxyl groups excluding tert-OH is 1. The lowest BCUT2D eigenvalue weighted by Gasteiger charge is -2.04. The fourth-order valence-corrected chi connectivity index (χ4v) is 1.79. The number of aryl methyl sites for hydroxylation is 1. The molecule has 0 saturated carbocycles. The Bertz CT molecular complexity index is 314. The van der Waals surface area contributed by atoms with Crippen LogP contribution in [0.25, 0.3) is 0 Å². The van der Waals surface area contributed by atoms with Crippen molar-refractivity contribution in [2.75, 3.05) is 12.3 Å². The summed E-state index contributed by atoms with van der Waals surface area (Å²) in [6.45, 7) is 3.75. The van der Waals surface area contributed by atoms with E-state index < -0.39 is 6.10 Å². The molecule has 0 radical (unpaired) electrons. The first kappa shape index (κ1) is 11.0. The summed E-state index contributed by atoms with van der Waals surface area (Å²) >= 11 is 1.36. The Hall–Kier alpha value is -1.07. The van der Waals surface area contributed by atoms with Gasteiger partial charge in [-0.1, -0.05) is 0 Å². The third-order valence-corrected chi connectivity index (χ3v) is 2.80. The topological polar surface area (TPSA) is 75.3 Å². The highest BCUT2D eigenvalue weighted by Crippen LogP contribution is 2.22. The Morgan fingerprint density at radius 2 is 2.43 bits per heavy atom. The van der Waals surface area contributed by atoms with Crippen LogP contribution >= 0.6 is 11.3 Å². The van der Waals surface area contributed by atoms with E-state index >= 15 is 0 Å². The summed E-state index contributed by atoms with van der Waals surface area (Å²) in [4.78, 5) is 13.0. The Labute approximate surface area is 86.7 Å². The van der Waals surface area contributed by atoms with Crippen LogP contribution in [-0.4, -0.2) is 23.7 Å². The van der Waals surface area contributed by atoms with Gasteiger partial charge < -0.3 is 16.2 Å². The number of rotatable bonds is 3. The van der Waals surface area contributed by atoms with Crippen LogP contribution < -0.4 is 11.1 Å². The zero-order chi connectivity index (χ0) is 10.7. The second-order valence-electron chi connectivity index (χ2n) is 3.18. The molecule has 0 spiro atoms. The fraction of sp³-hybridized carbons (Fsp3) is 0.444. The SMILES string of the molecule is Cc1sc(C(=O)NCC(C)O)cc1N. The fourth-order valence-electron chi connectivity index (χ4n) is 0.936. The van der Waals surface area contributed by atoms with Crippen LogP contribution in [-0.2, 0) is 0 Å². The van der Waals surface area contributed by atoms with E-state index in [1.54, 1.807) is 13.0 Å². The molecule has 78 valence electrons. The number of anilines is 1. The normalized spacial score (nSPS) is 12.5. The van der Waals surface area contributed by atoms with Gasteiger partial charge in [0.1, 0.15) is 0 Å². The van der Waals surface area contributed by atoms with Gasteiger partial charge in [-0.25, -0.2) is 0 Å². The molecule has 0 bridgehead atoms. The Morgan fingerprint density at radius 1 is 1.79 bits per heavy atom. The number of nitrogen functional groups attached to an aromatic ring is 1. The highest BCUT2D eigenvalue weighted by molar-refractivity contribution is 7.14. The predicted octanol–water partition coefficient (Wildman–Crippen LogP) is 0.749. The third kappa shape index (κ3) is 2.71. The van der Waals surface area contributed by atoms with Gasteiger partial charge in [0.25, 0.3) is 5.91 Å². The average Bonchev–Trinajstić information content (AvgIpc) is 2.43. The summed E-state index contributed by atoms with van der Waals surface area (Å²) < 4.78 is 0. The first-order chi connectivity index (χ1) is 6.50. The van der Waals surface area contributed by atoms with Crippen molar-refractivity contribution in [3.05, 3.63) is 15.8 Å². The minimum absolute atomic E-state index is 0.185. The van der Waals surface area contributed by atoms with Crippen LogP contribution in [0.15, 0.2) is 6.07 Å². The lowest BCUT2D eigenvalue weighted by Crippen LogP contribution is -2.29. The summed E-state index contributed by atoms with van der Waals surface area (Å²) in [7, 11) is 0. The Balaban J connectivity index is 2.61. The van der Waals surface area contributed by atoms with Crippen LogP contribution in [0.1, 0.15) is 21.5 Å². The molecule has 1 unspecified atom stereocenters. The molecule has 1 rings (SSSR count). The zero-order valence-corrected chi connectivity index (χ0v) is 9.02. The first-order valence-electron chi connectivity index (χ1n) is 4.33. The minimum atomic E-state index is -0.530. The van der Waals surface area contributed by atoms with E-state index in [0.717, 1.165) is 4.88 Å². The van der Waals surface area contributed by atoms with Crippen molar-refractivity contribution >= 4 is 22.9 Å². The number of carbonyl (C=O) groups excluding carboxylic acids is 1. The van der Waals surface area contributed by atoms with Crippen LogP contribution in [0.3, 0.4) is 0 Å². The third-order valence-electron chi connectivity index (χ3n) is 1.74. The van der Waals surface area contributed by atoms with Crippen molar-refractivity contribution < 1.29 is 9.90 Å². The van der Waals surface area contributed by atoms with Crippen molar-refractivity contribution in [1.29, 1.82) is 0 Å². The number of nitrogens with one attached hydrogen (secondary N) is 1. The molecule has 1 aromatic rings. The summed E-state index contributed by atoms with van der Waals surface area (Å²) in [5, 5.41) is 11.6. The van der Waals surface area contributed by atoms with Gasteiger partial charge in [-0.15, -0.1) is 11.3 Å². The molecule has 0 saturated heterocycles. The summed E-state index contributed by atoms with van der Waals surface area (Å²) in [6.07, 6.45) is -0.530. The Kier molecular flexibility index (Phi) is 3.49. The molecular formula is C9H14N2O2S. The maximum absolute atomic E-state index is 11.4. The minimum Gasteiger partial charge on any atom is -0.398 e. The lowest BCUT2D eigenvalue weighted by atomic mass is 10.3. The van der Waals surface area contributed by atoms with Gasteiger partial charge in [0.15, 0.2) is 0 Å². The zero-order valence-electron chi connectivity index (χ0n) is 8.20. The highest BCUT2D eigenvalue weighted by atomic mass is 32.1. The maximum atomic E-state index is 11.4. The second-order valence-corrected chi connectivity index (χ2v) is 4.44. The molecule has 1 atom stereocenters. The van der Waals surface area contributed by atoms with Gasteiger partial charge in [-0.3, -0.25) is 4.79 Å².